The van der Waals surface area contributed by atoms with Crippen molar-refractivity contribution in [3.63, 3.8) is 0 Å². The van der Waals surface area contributed by atoms with Gasteiger partial charge in [0.2, 0.25) is 0 Å². The topological polar surface area (TPSA) is 68.1 Å². The molecule has 0 aliphatic carbocycles. The van der Waals surface area contributed by atoms with E-state index in [1.807, 2.05) is 60.7 Å². The average molecular weight is 367 g/mol. The van der Waals surface area contributed by atoms with Gasteiger partial charge in [-0.05, 0) is 48.2 Å². The molecule has 1 N–H and O–H groups in total. The Balaban J connectivity index is 1.79. The van der Waals surface area contributed by atoms with E-state index in [0.29, 0.717) is 34.9 Å². The molecule has 4 aromatic rings. The van der Waals surface area contributed by atoms with Crippen LogP contribution in [-0.2, 0) is 6.42 Å². The van der Waals surface area contributed by atoms with E-state index >= 15 is 0 Å². The number of pyridine rings is 1. The second-order valence-corrected chi connectivity index (χ2v) is 6.02. The molecule has 0 spiro atoms. The summed E-state index contributed by atoms with van der Waals surface area (Å²) in [5.41, 5.74) is 3.31. The van der Waals surface area contributed by atoms with Crippen molar-refractivity contribution >= 4 is 11.2 Å². The van der Waals surface area contributed by atoms with Crippen molar-refractivity contribution in [2.24, 2.45) is 0 Å². The van der Waals surface area contributed by atoms with Gasteiger partial charge in [-0.25, -0.2) is 15.0 Å². The van der Waals surface area contributed by atoms with Gasteiger partial charge >= 0.3 is 0 Å². The van der Waals surface area contributed by atoms with Gasteiger partial charge in [0.1, 0.15) is 11.3 Å². The minimum atomic E-state index is 0.0361. The molecule has 0 saturated heterocycles. The maximum absolute atomic E-state index is 9.30. The molecule has 0 aliphatic rings. The minimum Gasteiger partial charge on any atom is -0.436 e. The van der Waals surface area contributed by atoms with Crippen LogP contribution in [0.15, 0.2) is 72.9 Å². The van der Waals surface area contributed by atoms with Crippen LogP contribution in [0.1, 0.15) is 16.8 Å². The van der Waals surface area contributed by atoms with Crippen LogP contribution in [0.4, 0.5) is 0 Å². The Morgan fingerprint density at radius 3 is 2.54 bits per heavy atom. The van der Waals surface area contributed by atoms with Crippen molar-refractivity contribution in [2.75, 3.05) is 6.61 Å². The fraction of sp³-hybridized carbons (Fsp3) is 0.0870. The SMILES string of the molecule is OCCc1ccccc1Oc1nc2cccnc2nc1C#Cc1ccccc1. The van der Waals surface area contributed by atoms with E-state index < -0.39 is 0 Å². The van der Waals surface area contributed by atoms with E-state index in [1.165, 1.54) is 0 Å². The number of aliphatic hydroxyl groups is 1. The molecule has 0 amide bonds. The monoisotopic (exact) mass is 367 g/mol. The Hall–Kier alpha value is -3.75. The first-order chi connectivity index (χ1) is 13.8. The molecule has 2 aromatic heterocycles. The van der Waals surface area contributed by atoms with Gasteiger partial charge in [0, 0.05) is 18.4 Å². The summed E-state index contributed by atoms with van der Waals surface area (Å²) in [4.78, 5) is 13.4. The van der Waals surface area contributed by atoms with E-state index in [0.717, 1.165) is 11.1 Å². The van der Waals surface area contributed by atoms with Gasteiger partial charge in [-0.1, -0.05) is 42.3 Å². The summed E-state index contributed by atoms with van der Waals surface area (Å²) in [6.45, 7) is 0.0361. The Kier molecular flexibility index (Phi) is 5.23. The van der Waals surface area contributed by atoms with Gasteiger partial charge in [0.25, 0.3) is 5.88 Å². The second-order valence-electron chi connectivity index (χ2n) is 6.02. The average Bonchev–Trinajstić information content (AvgIpc) is 2.74. The zero-order chi connectivity index (χ0) is 19.2. The smallest absolute Gasteiger partial charge is 0.255 e. The Bertz CT molecular complexity index is 1160. The van der Waals surface area contributed by atoms with Gasteiger partial charge in [-0.3, -0.25) is 0 Å². The van der Waals surface area contributed by atoms with Gasteiger partial charge in [-0.2, -0.15) is 0 Å². The highest BCUT2D eigenvalue weighted by Crippen LogP contribution is 2.27. The Labute approximate surface area is 162 Å². The molecule has 0 fully saturated rings. The summed E-state index contributed by atoms with van der Waals surface area (Å²) in [7, 11) is 0. The highest BCUT2D eigenvalue weighted by Gasteiger charge is 2.12. The number of aliphatic hydroxyl groups excluding tert-OH is 1. The molecule has 5 heteroatoms. The van der Waals surface area contributed by atoms with E-state index in [4.69, 9.17) is 4.74 Å². The number of benzene rings is 2. The first kappa shape index (κ1) is 17.7. The number of hydrogen-bond donors (Lipinski definition) is 1. The number of rotatable bonds is 4. The second kappa shape index (κ2) is 8.30. The van der Waals surface area contributed by atoms with E-state index in [-0.39, 0.29) is 6.61 Å². The number of para-hydroxylation sites is 1. The van der Waals surface area contributed by atoms with Crippen LogP contribution in [-0.4, -0.2) is 26.7 Å². The zero-order valence-electron chi connectivity index (χ0n) is 15.0. The fourth-order valence-electron chi connectivity index (χ4n) is 2.72. The molecule has 0 bridgehead atoms. The highest BCUT2D eigenvalue weighted by molar-refractivity contribution is 5.71. The predicted molar refractivity (Wildman–Crippen MR) is 107 cm³/mol. The van der Waals surface area contributed by atoms with Crippen molar-refractivity contribution in [2.45, 2.75) is 6.42 Å². The summed E-state index contributed by atoms with van der Waals surface area (Å²) in [5, 5.41) is 9.30. The standard InChI is InChI=1S/C23H17N3O2/c27-16-14-18-9-4-5-11-21(18)28-23-20(13-12-17-7-2-1-3-8-17)25-22-19(26-23)10-6-15-24-22/h1-11,15,27H,14,16H2. The van der Waals surface area contributed by atoms with Gasteiger partial charge in [0.05, 0.1) is 0 Å². The number of nitrogens with zero attached hydrogens (tertiary/aromatic N) is 3. The van der Waals surface area contributed by atoms with Gasteiger partial charge in [-0.15, -0.1) is 0 Å². The van der Waals surface area contributed by atoms with Crippen molar-refractivity contribution in [1.29, 1.82) is 0 Å². The van der Waals surface area contributed by atoms with Crippen LogP contribution in [0.3, 0.4) is 0 Å². The van der Waals surface area contributed by atoms with E-state index in [2.05, 4.69) is 26.8 Å². The van der Waals surface area contributed by atoms with Crippen LogP contribution in [0.25, 0.3) is 11.2 Å². The molecular formula is C23H17N3O2. The molecule has 0 aliphatic heterocycles. The Morgan fingerprint density at radius 2 is 1.68 bits per heavy atom. The third-order valence-corrected chi connectivity index (χ3v) is 4.07. The number of hydrogen-bond acceptors (Lipinski definition) is 5. The molecule has 5 nitrogen and oxygen atoms in total. The fourth-order valence-corrected chi connectivity index (χ4v) is 2.72. The van der Waals surface area contributed by atoms with E-state index in [1.54, 1.807) is 12.3 Å². The number of aromatic nitrogens is 3. The maximum atomic E-state index is 9.30. The molecule has 2 heterocycles. The molecule has 0 atom stereocenters. The van der Waals surface area contributed by atoms with Crippen LogP contribution in [0.5, 0.6) is 11.6 Å². The summed E-state index contributed by atoms with van der Waals surface area (Å²) in [6.07, 6.45) is 2.16. The van der Waals surface area contributed by atoms with Crippen molar-refractivity contribution in [3.8, 4) is 23.5 Å². The largest absolute Gasteiger partial charge is 0.436 e. The lowest BCUT2D eigenvalue weighted by Gasteiger charge is -2.11. The van der Waals surface area contributed by atoms with Crippen molar-refractivity contribution in [3.05, 3.63) is 89.7 Å². The lowest BCUT2D eigenvalue weighted by atomic mass is 10.1. The number of ether oxygens (including phenoxy) is 1. The quantitative estimate of drug-likeness (QED) is 0.557. The number of fused-ring (bicyclic) bond motifs is 1. The molecular weight excluding hydrogens is 350 g/mol. The van der Waals surface area contributed by atoms with Gasteiger partial charge in [0.15, 0.2) is 11.3 Å². The third kappa shape index (κ3) is 3.98. The summed E-state index contributed by atoms with van der Waals surface area (Å²) in [5.74, 6) is 7.08. The highest BCUT2D eigenvalue weighted by atomic mass is 16.5. The van der Waals surface area contributed by atoms with Crippen LogP contribution >= 0.6 is 0 Å². The van der Waals surface area contributed by atoms with Crippen molar-refractivity contribution < 1.29 is 9.84 Å². The first-order valence-electron chi connectivity index (χ1n) is 8.90. The molecule has 0 saturated carbocycles. The molecule has 28 heavy (non-hydrogen) atoms. The van der Waals surface area contributed by atoms with Crippen LogP contribution < -0.4 is 4.74 Å². The van der Waals surface area contributed by atoms with Crippen LogP contribution in [0.2, 0.25) is 0 Å². The lowest BCUT2D eigenvalue weighted by molar-refractivity contribution is 0.297. The molecule has 0 unspecified atom stereocenters. The van der Waals surface area contributed by atoms with Crippen molar-refractivity contribution in [1.82, 2.24) is 15.0 Å². The summed E-state index contributed by atoms with van der Waals surface area (Å²) >= 11 is 0. The van der Waals surface area contributed by atoms with Gasteiger partial charge < -0.3 is 9.84 Å². The Morgan fingerprint density at radius 1 is 0.857 bits per heavy atom. The predicted octanol–water partition coefficient (Wildman–Crippen LogP) is 3.75. The zero-order valence-corrected chi connectivity index (χ0v) is 15.0. The first-order valence-corrected chi connectivity index (χ1v) is 8.90. The minimum absolute atomic E-state index is 0.0361. The normalized spacial score (nSPS) is 10.3. The summed E-state index contributed by atoms with van der Waals surface area (Å²) in [6, 6.07) is 20.8. The molecule has 136 valence electrons. The van der Waals surface area contributed by atoms with Crippen LogP contribution in [0, 0.1) is 11.8 Å². The lowest BCUT2D eigenvalue weighted by Crippen LogP contribution is -2.00. The maximum Gasteiger partial charge on any atom is 0.255 e. The molecule has 4 rings (SSSR count). The third-order valence-electron chi connectivity index (χ3n) is 4.07. The summed E-state index contributed by atoms with van der Waals surface area (Å²) < 4.78 is 6.07. The van der Waals surface area contributed by atoms with E-state index in [9.17, 15) is 5.11 Å². The molecule has 2 aromatic carbocycles. The molecule has 0 radical (unpaired) electrons.